The maximum absolute atomic E-state index is 3.51. The molecule has 11 heavy (non-hydrogen) atoms. The third-order valence-corrected chi connectivity index (χ3v) is 3.64. The van der Waals surface area contributed by atoms with Gasteiger partial charge in [-0.3, -0.25) is 0 Å². The van der Waals surface area contributed by atoms with Gasteiger partial charge in [-0.05, 0) is 29.7 Å². The average molecular weight is 151 g/mol. The lowest BCUT2D eigenvalue weighted by molar-refractivity contribution is 0.371. The van der Waals surface area contributed by atoms with Crippen molar-refractivity contribution in [3.05, 3.63) is 11.3 Å². The van der Waals surface area contributed by atoms with Crippen LogP contribution in [-0.4, -0.2) is 6.54 Å². The van der Waals surface area contributed by atoms with Crippen LogP contribution in [0.25, 0.3) is 0 Å². The van der Waals surface area contributed by atoms with Gasteiger partial charge in [-0.2, -0.15) is 0 Å². The molecule has 0 aromatic heterocycles. The summed E-state index contributed by atoms with van der Waals surface area (Å²) in [5.74, 6) is 2.46. The van der Waals surface area contributed by atoms with E-state index < -0.39 is 0 Å². The van der Waals surface area contributed by atoms with Crippen molar-refractivity contribution < 1.29 is 0 Å². The molecule has 1 aliphatic heterocycles. The zero-order valence-electron chi connectivity index (χ0n) is 7.65. The lowest BCUT2D eigenvalue weighted by Crippen LogP contribution is -2.18. The SMILES string of the molecule is C[C@@H]1[C@H](C)C2=C(NCC2)[C@@H]1C. The van der Waals surface area contributed by atoms with Crippen LogP contribution in [0.15, 0.2) is 11.3 Å². The van der Waals surface area contributed by atoms with E-state index >= 15 is 0 Å². The summed E-state index contributed by atoms with van der Waals surface area (Å²) in [6.45, 7) is 8.28. The minimum atomic E-state index is 0.780. The van der Waals surface area contributed by atoms with Crippen LogP contribution in [0.5, 0.6) is 0 Å². The van der Waals surface area contributed by atoms with Crippen molar-refractivity contribution in [2.24, 2.45) is 17.8 Å². The monoisotopic (exact) mass is 151 g/mol. The Bertz CT molecular complexity index is 185. The van der Waals surface area contributed by atoms with Crippen LogP contribution in [0.1, 0.15) is 27.2 Å². The highest BCUT2D eigenvalue weighted by atomic mass is 14.9. The van der Waals surface area contributed by atoms with E-state index in [1.165, 1.54) is 13.0 Å². The first-order valence-corrected chi connectivity index (χ1v) is 4.68. The molecule has 3 atom stereocenters. The number of hydrogen-bond donors (Lipinski definition) is 1. The van der Waals surface area contributed by atoms with E-state index in [1.54, 1.807) is 11.3 Å². The Balaban J connectivity index is 2.29. The van der Waals surface area contributed by atoms with Gasteiger partial charge in [0.2, 0.25) is 0 Å². The van der Waals surface area contributed by atoms with E-state index in [0.29, 0.717) is 0 Å². The van der Waals surface area contributed by atoms with Crippen molar-refractivity contribution in [1.29, 1.82) is 0 Å². The van der Waals surface area contributed by atoms with E-state index in [1.807, 2.05) is 0 Å². The van der Waals surface area contributed by atoms with Crippen LogP contribution in [0.4, 0.5) is 0 Å². The number of rotatable bonds is 0. The lowest BCUT2D eigenvalue weighted by Gasteiger charge is -2.18. The van der Waals surface area contributed by atoms with Gasteiger partial charge in [0, 0.05) is 12.2 Å². The van der Waals surface area contributed by atoms with Gasteiger partial charge < -0.3 is 5.32 Å². The number of nitrogens with one attached hydrogen (secondary N) is 1. The maximum Gasteiger partial charge on any atom is 0.0182 e. The highest BCUT2D eigenvalue weighted by molar-refractivity contribution is 5.29. The summed E-state index contributed by atoms with van der Waals surface area (Å²) >= 11 is 0. The Morgan fingerprint density at radius 1 is 1.18 bits per heavy atom. The molecule has 0 saturated carbocycles. The van der Waals surface area contributed by atoms with Gasteiger partial charge in [0.1, 0.15) is 0 Å². The highest BCUT2D eigenvalue weighted by Crippen LogP contribution is 2.43. The summed E-state index contributed by atoms with van der Waals surface area (Å²) in [5, 5.41) is 3.51. The average Bonchev–Trinajstić information content (AvgIpc) is 2.53. The zero-order chi connectivity index (χ0) is 8.01. The smallest absolute Gasteiger partial charge is 0.0182 e. The molecule has 0 spiro atoms. The molecule has 2 rings (SSSR count). The zero-order valence-corrected chi connectivity index (χ0v) is 7.65. The molecule has 0 aromatic carbocycles. The molecular formula is C10H17N. The molecule has 1 heterocycles. The Labute approximate surface area is 68.9 Å². The van der Waals surface area contributed by atoms with E-state index in [0.717, 1.165) is 17.8 Å². The Morgan fingerprint density at radius 3 is 2.55 bits per heavy atom. The van der Waals surface area contributed by atoms with E-state index in [4.69, 9.17) is 0 Å². The Morgan fingerprint density at radius 2 is 1.91 bits per heavy atom. The second-order valence-corrected chi connectivity index (χ2v) is 4.05. The van der Waals surface area contributed by atoms with Gasteiger partial charge in [0.25, 0.3) is 0 Å². The summed E-state index contributed by atoms with van der Waals surface area (Å²) in [5.41, 5.74) is 3.29. The van der Waals surface area contributed by atoms with Crippen molar-refractivity contribution in [2.45, 2.75) is 27.2 Å². The van der Waals surface area contributed by atoms with Crippen LogP contribution in [0, 0.1) is 17.8 Å². The predicted molar refractivity (Wildman–Crippen MR) is 47.1 cm³/mol. The first kappa shape index (κ1) is 7.20. The maximum atomic E-state index is 3.51. The van der Waals surface area contributed by atoms with Crippen LogP contribution < -0.4 is 5.32 Å². The van der Waals surface area contributed by atoms with Crippen LogP contribution in [-0.2, 0) is 0 Å². The van der Waals surface area contributed by atoms with Gasteiger partial charge in [-0.25, -0.2) is 0 Å². The number of allylic oxidation sites excluding steroid dienone is 1. The normalized spacial score (nSPS) is 42.6. The molecule has 1 aliphatic carbocycles. The van der Waals surface area contributed by atoms with Crippen molar-refractivity contribution in [3.63, 3.8) is 0 Å². The van der Waals surface area contributed by atoms with Crippen LogP contribution >= 0.6 is 0 Å². The third kappa shape index (κ3) is 0.831. The van der Waals surface area contributed by atoms with Gasteiger partial charge in [-0.1, -0.05) is 20.8 Å². The molecule has 62 valence electrons. The van der Waals surface area contributed by atoms with Gasteiger partial charge in [0.05, 0.1) is 0 Å². The first-order chi connectivity index (χ1) is 5.22. The molecule has 0 fully saturated rings. The van der Waals surface area contributed by atoms with Crippen molar-refractivity contribution in [1.82, 2.24) is 5.32 Å². The largest absolute Gasteiger partial charge is 0.388 e. The predicted octanol–water partition coefficient (Wildman–Crippen LogP) is 2.16. The highest BCUT2D eigenvalue weighted by Gasteiger charge is 2.36. The quantitative estimate of drug-likeness (QED) is 0.559. The molecule has 0 unspecified atom stereocenters. The fourth-order valence-corrected chi connectivity index (χ4v) is 2.52. The fraction of sp³-hybridized carbons (Fsp3) is 0.800. The van der Waals surface area contributed by atoms with Crippen LogP contribution in [0.2, 0.25) is 0 Å². The van der Waals surface area contributed by atoms with E-state index in [-0.39, 0.29) is 0 Å². The summed E-state index contributed by atoms with van der Waals surface area (Å²) < 4.78 is 0. The summed E-state index contributed by atoms with van der Waals surface area (Å²) in [6.07, 6.45) is 1.30. The topological polar surface area (TPSA) is 12.0 Å². The molecule has 2 aliphatic rings. The summed E-state index contributed by atoms with van der Waals surface area (Å²) in [7, 11) is 0. The molecule has 0 radical (unpaired) electrons. The molecule has 1 heteroatoms. The van der Waals surface area contributed by atoms with Crippen molar-refractivity contribution in [3.8, 4) is 0 Å². The van der Waals surface area contributed by atoms with Crippen LogP contribution in [0.3, 0.4) is 0 Å². The van der Waals surface area contributed by atoms with Crippen molar-refractivity contribution >= 4 is 0 Å². The first-order valence-electron chi connectivity index (χ1n) is 4.68. The Kier molecular flexibility index (Phi) is 1.48. The molecule has 0 aromatic rings. The van der Waals surface area contributed by atoms with Crippen molar-refractivity contribution in [2.75, 3.05) is 6.54 Å². The minimum Gasteiger partial charge on any atom is -0.388 e. The second kappa shape index (κ2) is 2.26. The standard InChI is InChI=1S/C10H17N/c1-6-7(2)9-4-5-11-10(9)8(6)3/h6-8,11H,4-5H2,1-3H3/t6-,7+,8-/m1/s1. The van der Waals surface area contributed by atoms with E-state index in [9.17, 15) is 0 Å². The lowest BCUT2D eigenvalue weighted by atomic mass is 9.89. The molecule has 1 nitrogen and oxygen atoms in total. The molecule has 0 saturated heterocycles. The Hall–Kier alpha value is -0.460. The summed E-state index contributed by atoms with van der Waals surface area (Å²) in [6, 6.07) is 0. The molecular weight excluding hydrogens is 134 g/mol. The fourth-order valence-electron chi connectivity index (χ4n) is 2.52. The second-order valence-electron chi connectivity index (χ2n) is 4.05. The van der Waals surface area contributed by atoms with Gasteiger partial charge in [0.15, 0.2) is 0 Å². The summed E-state index contributed by atoms with van der Waals surface area (Å²) in [4.78, 5) is 0. The van der Waals surface area contributed by atoms with Gasteiger partial charge in [-0.15, -0.1) is 0 Å². The molecule has 0 bridgehead atoms. The third-order valence-electron chi connectivity index (χ3n) is 3.64. The minimum absolute atomic E-state index is 0.780. The van der Waals surface area contributed by atoms with Gasteiger partial charge >= 0.3 is 0 Å². The van der Waals surface area contributed by atoms with E-state index in [2.05, 4.69) is 26.1 Å². The molecule has 1 N–H and O–H groups in total. The molecule has 0 amide bonds. The number of hydrogen-bond acceptors (Lipinski definition) is 1.